The standard InChI is InChI=1S/C7H6O5/c1-3-5(8)11-7(10)12-6(9)4-2/h3-4H,1-2H2. The maximum absolute atomic E-state index is 10.4. The van der Waals surface area contributed by atoms with Crippen LogP contribution in [0, 0.1) is 0 Å². The van der Waals surface area contributed by atoms with Gasteiger partial charge in [-0.05, 0) is 0 Å². The van der Waals surface area contributed by atoms with Crippen LogP contribution in [0.2, 0.25) is 0 Å². The Morgan fingerprint density at radius 1 is 0.917 bits per heavy atom. The number of hydrogen-bond donors (Lipinski definition) is 0. The van der Waals surface area contributed by atoms with Gasteiger partial charge in [0, 0.05) is 12.2 Å². The summed E-state index contributed by atoms with van der Waals surface area (Å²) in [5, 5.41) is 0. The van der Waals surface area contributed by atoms with Crippen molar-refractivity contribution in [2.24, 2.45) is 0 Å². The average molecular weight is 170 g/mol. The van der Waals surface area contributed by atoms with E-state index in [1.54, 1.807) is 0 Å². The Bertz CT molecular complexity index is 216. The van der Waals surface area contributed by atoms with Gasteiger partial charge in [0.1, 0.15) is 0 Å². The number of carbonyl (C=O) groups excluding carboxylic acids is 3. The Morgan fingerprint density at radius 3 is 1.50 bits per heavy atom. The van der Waals surface area contributed by atoms with Crippen LogP contribution in [0.5, 0.6) is 0 Å². The lowest BCUT2D eigenvalue weighted by molar-refractivity contribution is -0.140. The van der Waals surface area contributed by atoms with Gasteiger partial charge in [-0.1, -0.05) is 13.2 Å². The van der Waals surface area contributed by atoms with Crippen LogP contribution in [0.3, 0.4) is 0 Å². The SMILES string of the molecule is C=CC(=O)OC(=O)OC(=O)C=C. The zero-order valence-corrected chi connectivity index (χ0v) is 6.11. The third-order valence-electron chi connectivity index (χ3n) is 0.701. The van der Waals surface area contributed by atoms with Crippen LogP contribution >= 0.6 is 0 Å². The van der Waals surface area contributed by atoms with Gasteiger partial charge in [0.25, 0.3) is 0 Å². The van der Waals surface area contributed by atoms with Gasteiger partial charge >= 0.3 is 18.1 Å². The van der Waals surface area contributed by atoms with E-state index in [1.165, 1.54) is 0 Å². The van der Waals surface area contributed by atoms with Crippen LogP contribution in [0.15, 0.2) is 25.3 Å². The molecule has 0 aromatic carbocycles. The van der Waals surface area contributed by atoms with E-state index in [1.807, 2.05) is 0 Å². The van der Waals surface area contributed by atoms with Crippen LogP contribution in [-0.2, 0) is 19.1 Å². The molecule has 0 radical (unpaired) electrons. The van der Waals surface area contributed by atoms with Gasteiger partial charge < -0.3 is 9.47 Å². The van der Waals surface area contributed by atoms with E-state index in [0.717, 1.165) is 12.2 Å². The third kappa shape index (κ3) is 3.99. The lowest BCUT2D eigenvalue weighted by Gasteiger charge is -1.96. The molecule has 0 aliphatic carbocycles. The highest BCUT2D eigenvalue weighted by Gasteiger charge is 2.11. The molecule has 0 bridgehead atoms. The Hall–Kier alpha value is -1.91. The monoisotopic (exact) mass is 170 g/mol. The third-order valence-corrected chi connectivity index (χ3v) is 0.701. The van der Waals surface area contributed by atoms with Gasteiger partial charge in [-0.2, -0.15) is 0 Å². The summed E-state index contributed by atoms with van der Waals surface area (Å²) in [6, 6.07) is 0. The van der Waals surface area contributed by atoms with Gasteiger partial charge in [0.15, 0.2) is 0 Å². The van der Waals surface area contributed by atoms with E-state index in [4.69, 9.17) is 0 Å². The molecule has 64 valence electrons. The average Bonchev–Trinajstić information content (AvgIpc) is 2.03. The number of carbonyl (C=O) groups is 3. The number of rotatable bonds is 2. The quantitative estimate of drug-likeness (QED) is 0.344. The van der Waals surface area contributed by atoms with Gasteiger partial charge in [-0.25, -0.2) is 14.4 Å². The highest BCUT2D eigenvalue weighted by molar-refractivity contribution is 5.95. The Balaban J connectivity index is 3.89. The lowest BCUT2D eigenvalue weighted by atomic mass is 10.6. The Kier molecular flexibility index (Phi) is 4.07. The molecular weight excluding hydrogens is 164 g/mol. The molecule has 0 aliphatic rings. The normalized spacial score (nSPS) is 8.00. The van der Waals surface area contributed by atoms with Gasteiger partial charge in [0.05, 0.1) is 0 Å². The van der Waals surface area contributed by atoms with Crippen molar-refractivity contribution in [1.82, 2.24) is 0 Å². The van der Waals surface area contributed by atoms with Gasteiger partial charge in [-0.3, -0.25) is 0 Å². The van der Waals surface area contributed by atoms with Crippen molar-refractivity contribution in [3.8, 4) is 0 Å². The summed E-state index contributed by atoms with van der Waals surface area (Å²) >= 11 is 0. The summed E-state index contributed by atoms with van der Waals surface area (Å²) in [7, 11) is 0. The van der Waals surface area contributed by atoms with Crippen molar-refractivity contribution in [1.29, 1.82) is 0 Å². The molecule has 5 heteroatoms. The van der Waals surface area contributed by atoms with Crippen molar-refractivity contribution in [3.05, 3.63) is 25.3 Å². The zero-order valence-electron chi connectivity index (χ0n) is 6.11. The molecule has 0 fully saturated rings. The van der Waals surface area contributed by atoms with E-state index >= 15 is 0 Å². The minimum Gasteiger partial charge on any atom is -0.357 e. The molecule has 0 amide bonds. The van der Waals surface area contributed by atoms with E-state index in [9.17, 15) is 14.4 Å². The van der Waals surface area contributed by atoms with Crippen LogP contribution in [0.25, 0.3) is 0 Å². The molecule has 5 nitrogen and oxygen atoms in total. The van der Waals surface area contributed by atoms with Crippen LogP contribution in [-0.4, -0.2) is 18.1 Å². The first-order valence-electron chi connectivity index (χ1n) is 2.82. The molecule has 0 atom stereocenters. The maximum atomic E-state index is 10.4. The molecule has 0 heterocycles. The molecule has 0 saturated heterocycles. The first-order valence-corrected chi connectivity index (χ1v) is 2.82. The summed E-state index contributed by atoms with van der Waals surface area (Å²) in [5.74, 6) is -1.98. The van der Waals surface area contributed by atoms with Crippen molar-refractivity contribution >= 4 is 18.1 Å². The van der Waals surface area contributed by atoms with E-state index < -0.39 is 18.1 Å². The molecule has 0 N–H and O–H groups in total. The number of hydrogen-bond acceptors (Lipinski definition) is 5. The van der Waals surface area contributed by atoms with Crippen molar-refractivity contribution < 1.29 is 23.9 Å². The van der Waals surface area contributed by atoms with E-state index in [0.29, 0.717) is 0 Å². The smallest absolute Gasteiger partial charge is 0.357 e. The Morgan fingerprint density at radius 2 is 1.25 bits per heavy atom. The molecule has 0 rings (SSSR count). The van der Waals surface area contributed by atoms with Crippen molar-refractivity contribution in [3.63, 3.8) is 0 Å². The maximum Gasteiger partial charge on any atom is 0.524 e. The second-order valence-electron chi connectivity index (χ2n) is 1.50. The molecule has 0 spiro atoms. The fraction of sp³-hybridized carbons (Fsp3) is 0. The fourth-order valence-electron chi connectivity index (χ4n) is 0.268. The molecule has 0 aromatic rings. The summed E-state index contributed by atoms with van der Waals surface area (Å²) in [6.07, 6.45) is 0.129. The van der Waals surface area contributed by atoms with Crippen molar-refractivity contribution in [2.45, 2.75) is 0 Å². The fourth-order valence-corrected chi connectivity index (χ4v) is 0.268. The van der Waals surface area contributed by atoms with Crippen LogP contribution in [0.4, 0.5) is 4.79 Å². The molecule has 0 saturated carbocycles. The highest BCUT2D eigenvalue weighted by atomic mass is 16.8. The molecule has 0 aliphatic heterocycles. The molecule has 0 aromatic heterocycles. The van der Waals surface area contributed by atoms with E-state index in [2.05, 4.69) is 22.6 Å². The summed E-state index contributed by atoms with van der Waals surface area (Å²) in [4.78, 5) is 31.0. The minimum atomic E-state index is -1.40. The highest BCUT2D eigenvalue weighted by Crippen LogP contribution is 1.88. The first-order chi connectivity index (χ1) is 5.60. The summed E-state index contributed by atoms with van der Waals surface area (Å²) in [6.45, 7) is 6.05. The second kappa shape index (κ2) is 4.84. The predicted molar refractivity (Wildman–Crippen MR) is 38.0 cm³/mol. The second-order valence-corrected chi connectivity index (χ2v) is 1.50. The van der Waals surface area contributed by atoms with Gasteiger partial charge in [0.2, 0.25) is 0 Å². The predicted octanol–water partition coefficient (Wildman–Crippen LogP) is 0.565. The van der Waals surface area contributed by atoms with Crippen LogP contribution < -0.4 is 0 Å². The lowest BCUT2D eigenvalue weighted by Crippen LogP contribution is -2.14. The first kappa shape index (κ1) is 10.1. The van der Waals surface area contributed by atoms with E-state index in [-0.39, 0.29) is 0 Å². The Labute approximate surface area is 68.3 Å². The number of ether oxygens (including phenoxy) is 2. The molecule has 12 heavy (non-hydrogen) atoms. The van der Waals surface area contributed by atoms with Crippen molar-refractivity contribution in [2.75, 3.05) is 0 Å². The van der Waals surface area contributed by atoms with Crippen LogP contribution in [0.1, 0.15) is 0 Å². The molecule has 0 unspecified atom stereocenters. The topological polar surface area (TPSA) is 69.7 Å². The summed E-state index contributed by atoms with van der Waals surface area (Å²) < 4.78 is 7.77. The summed E-state index contributed by atoms with van der Waals surface area (Å²) in [5.41, 5.74) is 0. The molecular formula is C7H6O5. The minimum absolute atomic E-state index is 0.764. The number of esters is 2. The largest absolute Gasteiger partial charge is 0.524 e. The zero-order chi connectivity index (χ0) is 9.56. The van der Waals surface area contributed by atoms with Gasteiger partial charge in [-0.15, -0.1) is 0 Å².